The third-order valence-electron chi connectivity index (χ3n) is 4.44. The molecule has 1 saturated carbocycles. The molecular weight excluding hydrogens is 250 g/mol. The largest absolute Gasteiger partial charge is 0.377 e. The summed E-state index contributed by atoms with van der Waals surface area (Å²) in [5.74, 6) is 1.35. The molecule has 0 spiro atoms. The van der Waals surface area contributed by atoms with E-state index in [1.165, 1.54) is 0 Å². The molecule has 1 aliphatic rings. The van der Waals surface area contributed by atoms with Crippen molar-refractivity contribution < 1.29 is 9.53 Å². The van der Waals surface area contributed by atoms with Crippen molar-refractivity contribution >= 4 is 5.78 Å². The van der Waals surface area contributed by atoms with E-state index in [1.54, 1.807) is 0 Å². The Labute approximate surface area is 125 Å². The monoisotopic (exact) mass is 283 g/mol. The molecule has 1 aliphatic carbocycles. The SMILES string of the molecule is CC(C)OCCN(C)CC1CC(C(C)(C)C)CCC1=O. The second-order valence-corrected chi connectivity index (χ2v) is 7.68. The molecule has 0 radical (unpaired) electrons. The second kappa shape index (κ2) is 7.56. The standard InChI is InChI=1S/C17H33NO2/c1-13(2)20-10-9-18(6)12-14-11-15(17(3,4)5)7-8-16(14)19/h13-15H,7-12H2,1-6H3. The molecule has 20 heavy (non-hydrogen) atoms. The highest BCUT2D eigenvalue weighted by atomic mass is 16.5. The number of ether oxygens (including phenoxy) is 1. The molecule has 2 atom stereocenters. The molecule has 0 aromatic heterocycles. The maximum atomic E-state index is 12.1. The van der Waals surface area contributed by atoms with E-state index >= 15 is 0 Å². The Morgan fingerprint density at radius 3 is 2.55 bits per heavy atom. The van der Waals surface area contributed by atoms with Crippen LogP contribution in [0, 0.1) is 17.3 Å². The van der Waals surface area contributed by atoms with Gasteiger partial charge in [-0.15, -0.1) is 0 Å². The van der Waals surface area contributed by atoms with Crippen LogP contribution in [0.4, 0.5) is 0 Å². The van der Waals surface area contributed by atoms with Gasteiger partial charge >= 0.3 is 0 Å². The number of rotatable bonds is 6. The number of carbonyl (C=O) groups excluding carboxylic acids is 1. The molecule has 118 valence electrons. The van der Waals surface area contributed by atoms with Gasteiger partial charge in [0.1, 0.15) is 5.78 Å². The Balaban J connectivity index is 2.42. The summed E-state index contributed by atoms with van der Waals surface area (Å²) in [6.45, 7) is 13.5. The van der Waals surface area contributed by atoms with Crippen LogP contribution in [0.25, 0.3) is 0 Å². The highest BCUT2D eigenvalue weighted by Gasteiger charge is 2.35. The van der Waals surface area contributed by atoms with Gasteiger partial charge in [-0.2, -0.15) is 0 Å². The summed E-state index contributed by atoms with van der Waals surface area (Å²) in [7, 11) is 2.09. The van der Waals surface area contributed by atoms with E-state index in [2.05, 4.69) is 46.6 Å². The fourth-order valence-corrected chi connectivity index (χ4v) is 2.99. The Morgan fingerprint density at radius 1 is 1.35 bits per heavy atom. The first kappa shape index (κ1) is 17.6. The lowest BCUT2D eigenvalue weighted by Crippen LogP contribution is -2.39. The summed E-state index contributed by atoms with van der Waals surface area (Å²) in [4.78, 5) is 14.4. The average Bonchev–Trinajstić information content (AvgIpc) is 2.30. The summed E-state index contributed by atoms with van der Waals surface area (Å²) >= 11 is 0. The first-order chi connectivity index (χ1) is 9.20. The molecule has 0 aromatic carbocycles. The zero-order valence-corrected chi connectivity index (χ0v) is 14.2. The summed E-state index contributed by atoms with van der Waals surface area (Å²) in [5.41, 5.74) is 0.318. The van der Waals surface area contributed by atoms with Crippen LogP contribution in [-0.4, -0.2) is 43.5 Å². The van der Waals surface area contributed by atoms with E-state index in [4.69, 9.17) is 4.74 Å². The van der Waals surface area contributed by atoms with Gasteiger partial charge in [0.05, 0.1) is 12.7 Å². The van der Waals surface area contributed by atoms with Crippen LogP contribution >= 0.6 is 0 Å². The van der Waals surface area contributed by atoms with Crippen molar-refractivity contribution in [3.05, 3.63) is 0 Å². The summed E-state index contributed by atoms with van der Waals surface area (Å²) in [5, 5.41) is 0. The number of nitrogens with zero attached hydrogens (tertiary/aromatic N) is 1. The molecule has 0 bridgehead atoms. The number of likely N-dealkylation sites (N-methyl/N-ethyl adjacent to an activating group) is 1. The highest BCUT2D eigenvalue weighted by molar-refractivity contribution is 5.82. The molecule has 0 aliphatic heterocycles. The van der Waals surface area contributed by atoms with E-state index < -0.39 is 0 Å². The van der Waals surface area contributed by atoms with Gasteiger partial charge in [-0.25, -0.2) is 0 Å². The first-order valence-corrected chi connectivity index (χ1v) is 8.03. The Morgan fingerprint density at radius 2 is 2.00 bits per heavy atom. The van der Waals surface area contributed by atoms with E-state index in [0.29, 0.717) is 17.1 Å². The molecule has 3 heteroatoms. The quantitative estimate of drug-likeness (QED) is 0.748. The van der Waals surface area contributed by atoms with Crippen molar-refractivity contribution in [2.45, 2.75) is 60.0 Å². The fourth-order valence-electron chi connectivity index (χ4n) is 2.99. The van der Waals surface area contributed by atoms with Crippen LogP contribution in [0.2, 0.25) is 0 Å². The first-order valence-electron chi connectivity index (χ1n) is 8.03. The molecule has 0 aromatic rings. The molecule has 2 unspecified atom stereocenters. The van der Waals surface area contributed by atoms with Crippen LogP contribution < -0.4 is 0 Å². The minimum absolute atomic E-state index is 0.219. The van der Waals surface area contributed by atoms with Crippen molar-refractivity contribution in [2.24, 2.45) is 17.3 Å². The van der Waals surface area contributed by atoms with Gasteiger partial charge in [-0.05, 0) is 45.1 Å². The zero-order chi connectivity index (χ0) is 15.3. The molecule has 1 fully saturated rings. The second-order valence-electron chi connectivity index (χ2n) is 7.68. The number of ketones is 1. The van der Waals surface area contributed by atoms with Crippen molar-refractivity contribution in [3.8, 4) is 0 Å². The molecule has 0 amide bonds. The molecule has 3 nitrogen and oxygen atoms in total. The van der Waals surface area contributed by atoms with E-state index in [0.717, 1.165) is 39.0 Å². The Bertz CT molecular complexity index is 307. The zero-order valence-electron chi connectivity index (χ0n) is 14.2. The van der Waals surface area contributed by atoms with Crippen LogP contribution in [0.3, 0.4) is 0 Å². The van der Waals surface area contributed by atoms with Gasteiger partial charge in [-0.1, -0.05) is 20.8 Å². The van der Waals surface area contributed by atoms with Gasteiger partial charge < -0.3 is 9.64 Å². The van der Waals surface area contributed by atoms with Crippen molar-refractivity contribution in [2.75, 3.05) is 26.7 Å². The van der Waals surface area contributed by atoms with Crippen LogP contribution in [0.15, 0.2) is 0 Å². The third-order valence-corrected chi connectivity index (χ3v) is 4.44. The number of hydrogen-bond acceptors (Lipinski definition) is 3. The van der Waals surface area contributed by atoms with Crippen LogP contribution in [0.5, 0.6) is 0 Å². The number of Topliss-reactive ketones (excluding diaryl/α,β-unsaturated/α-hetero) is 1. The van der Waals surface area contributed by atoms with E-state index in [-0.39, 0.29) is 12.0 Å². The average molecular weight is 283 g/mol. The molecule has 0 N–H and O–H groups in total. The fraction of sp³-hybridized carbons (Fsp3) is 0.941. The topological polar surface area (TPSA) is 29.5 Å². The molecule has 0 heterocycles. The Kier molecular flexibility index (Phi) is 6.67. The summed E-state index contributed by atoms with van der Waals surface area (Å²) < 4.78 is 5.58. The van der Waals surface area contributed by atoms with E-state index in [1.807, 2.05) is 0 Å². The summed E-state index contributed by atoms with van der Waals surface area (Å²) in [6, 6.07) is 0. The van der Waals surface area contributed by atoms with Gasteiger partial charge in [0.25, 0.3) is 0 Å². The maximum absolute atomic E-state index is 12.1. The van der Waals surface area contributed by atoms with Gasteiger partial charge in [0.2, 0.25) is 0 Å². The van der Waals surface area contributed by atoms with Crippen LogP contribution in [0.1, 0.15) is 53.9 Å². The lowest BCUT2D eigenvalue weighted by Gasteiger charge is -2.38. The van der Waals surface area contributed by atoms with Gasteiger partial charge in [0, 0.05) is 25.4 Å². The lowest BCUT2D eigenvalue weighted by atomic mass is 9.68. The third kappa shape index (κ3) is 5.92. The molecule has 0 saturated heterocycles. The predicted molar refractivity (Wildman–Crippen MR) is 83.9 cm³/mol. The number of hydrogen-bond donors (Lipinski definition) is 0. The van der Waals surface area contributed by atoms with Gasteiger partial charge in [-0.3, -0.25) is 4.79 Å². The normalized spacial score (nSPS) is 24.7. The van der Waals surface area contributed by atoms with Gasteiger partial charge in [0.15, 0.2) is 0 Å². The van der Waals surface area contributed by atoms with Crippen LogP contribution in [-0.2, 0) is 9.53 Å². The molecular formula is C17H33NO2. The van der Waals surface area contributed by atoms with E-state index in [9.17, 15) is 4.79 Å². The van der Waals surface area contributed by atoms with Crippen molar-refractivity contribution in [1.82, 2.24) is 4.90 Å². The number of carbonyl (C=O) groups is 1. The minimum atomic E-state index is 0.219. The maximum Gasteiger partial charge on any atom is 0.137 e. The summed E-state index contributed by atoms with van der Waals surface area (Å²) in [6.07, 6.45) is 3.17. The Hall–Kier alpha value is -0.410. The lowest BCUT2D eigenvalue weighted by molar-refractivity contribution is -0.127. The smallest absolute Gasteiger partial charge is 0.137 e. The minimum Gasteiger partial charge on any atom is -0.377 e. The van der Waals surface area contributed by atoms with Crippen molar-refractivity contribution in [3.63, 3.8) is 0 Å². The molecule has 1 rings (SSSR count). The predicted octanol–water partition coefficient (Wildman–Crippen LogP) is 3.37. The highest BCUT2D eigenvalue weighted by Crippen LogP contribution is 2.39. The van der Waals surface area contributed by atoms with Crippen molar-refractivity contribution in [1.29, 1.82) is 0 Å².